The lowest BCUT2D eigenvalue weighted by Gasteiger charge is -2.15. The molecule has 1 heterocycles. The molecular formula is C16H24O3. The first-order valence-corrected chi connectivity index (χ1v) is 7.36. The topological polar surface area (TPSA) is 35.5 Å². The zero-order valence-electron chi connectivity index (χ0n) is 12.0. The number of carbonyl (C=O) groups is 1. The standard InChI is InChI=1S/C16H24O3/c1-12(11-15-9-6-10-18-15)13(2)16(17)19-14-7-4-3-5-8-14/h7,15H,3-6,8-11H2,1-2H3. The molecule has 106 valence electrons. The summed E-state index contributed by atoms with van der Waals surface area (Å²) in [6, 6.07) is 0. The van der Waals surface area contributed by atoms with E-state index in [0.29, 0.717) is 0 Å². The minimum absolute atomic E-state index is 0.191. The SMILES string of the molecule is CC(CC1CCCO1)=C(C)C(=O)OC1=CCCCC1. The molecule has 2 rings (SSSR count). The van der Waals surface area contributed by atoms with Crippen molar-refractivity contribution in [1.29, 1.82) is 0 Å². The van der Waals surface area contributed by atoms with Gasteiger partial charge in [-0.15, -0.1) is 0 Å². The highest BCUT2D eigenvalue weighted by Gasteiger charge is 2.19. The Morgan fingerprint density at radius 2 is 2.21 bits per heavy atom. The predicted molar refractivity (Wildman–Crippen MR) is 74.6 cm³/mol. The molecule has 19 heavy (non-hydrogen) atoms. The van der Waals surface area contributed by atoms with Crippen molar-refractivity contribution in [2.24, 2.45) is 0 Å². The molecule has 2 aliphatic rings. The number of allylic oxidation sites excluding steroid dienone is 2. The van der Waals surface area contributed by atoms with E-state index in [4.69, 9.17) is 9.47 Å². The molecule has 0 radical (unpaired) electrons. The van der Waals surface area contributed by atoms with Crippen LogP contribution in [-0.2, 0) is 14.3 Å². The van der Waals surface area contributed by atoms with Crippen LogP contribution in [0.5, 0.6) is 0 Å². The minimum atomic E-state index is -0.191. The number of rotatable bonds is 4. The Morgan fingerprint density at radius 1 is 1.37 bits per heavy atom. The predicted octanol–water partition coefficient (Wildman–Crippen LogP) is 3.89. The van der Waals surface area contributed by atoms with Gasteiger partial charge < -0.3 is 9.47 Å². The van der Waals surface area contributed by atoms with Crippen LogP contribution in [0, 0.1) is 0 Å². The van der Waals surface area contributed by atoms with Crippen molar-refractivity contribution in [3.63, 3.8) is 0 Å². The van der Waals surface area contributed by atoms with Crippen LogP contribution in [0.25, 0.3) is 0 Å². The number of carbonyl (C=O) groups excluding carboxylic acids is 1. The summed E-state index contributed by atoms with van der Waals surface area (Å²) < 4.78 is 11.1. The molecule has 0 bridgehead atoms. The van der Waals surface area contributed by atoms with Crippen molar-refractivity contribution in [3.05, 3.63) is 23.0 Å². The molecule has 1 unspecified atom stereocenters. The third kappa shape index (κ3) is 4.20. The van der Waals surface area contributed by atoms with Gasteiger partial charge in [-0.2, -0.15) is 0 Å². The maximum Gasteiger partial charge on any atom is 0.338 e. The molecule has 1 fully saturated rings. The molecular weight excluding hydrogens is 240 g/mol. The van der Waals surface area contributed by atoms with Crippen molar-refractivity contribution in [3.8, 4) is 0 Å². The molecule has 1 saturated heterocycles. The first-order chi connectivity index (χ1) is 9.16. The van der Waals surface area contributed by atoms with Crippen LogP contribution in [0.3, 0.4) is 0 Å². The summed E-state index contributed by atoms with van der Waals surface area (Å²) in [7, 11) is 0. The summed E-state index contributed by atoms with van der Waals surface area (Å²) in [5.41, 5.74) is 1.83. The van der Waals surface area contributed by atoms with Gasteiger partial charge in [0.15, 0.2) is 0 Å². The van der Waals surface area contributed by atoms with Gasteiger partial charge in [-0.1, -0.05) is 5.57 Å². The zero-order valence-corrected chi connectivity index (χ0v) is 12.0. The fraction of sp³-hybridized carbons (Fsp3) is 0.688. The Labute approximate surface area is 115 Å². The van der Waals surface area contributed by atoms with Crippen molar-refractivity contribution in [2.75, 3.05) is 6.61 Å². The molecule has 1 atom stereocenters. The van der Waals surface area contributed by atoms with Crippen molar-refractivity contribution >= 4 is 5.97 Å². The normalized spacial score (nSPS) is 24.7. The first-order valence-electron chi connectivity index (χ1n) is 7.36. The van der Waals surface area contributed by atoms with Gasteiger partial charge in [0, 0.05) is 18.6 Å². The average Bonchev–Trinajstić information content (AvgIpc) is 2.91. The fourth-order valence-electron chi connectivity index (χ4n) is 2.57. The monoisotopic (exact) mass is 264 g/mol. The van der Waals surface area contributed by atoms with E-state index in [1.54, 1.807) is 0 Å². The van der Waals surface area contributed by atoms with Crippen molar-refractivity contribution < 1.29 is 14.3 Å². The quantitative estimate of drug-likeness (QED) is 0.571. The number of esters is 1. The Balaban J connectivity index is 1.90. The van der Waals surface area contributed by atoms with E-state index in [1.165, 1.54) is 6.42 Å². The molecule has 1 aliphatic carbocycles. The zero-order chi connectivity index (χ0) is 13.7. The van der Waals surface area contributed by atoms with E-state index in [9.17, 15) is 4.79 Å². The summed E-state index contributed by atoms with van der Waals surface area (Å²) in [5, 5.41) is 0. The average molecular weight is 264 g/mol. The van der Waals surface area contributed by atoms with Gasteiger partial charge in [0.25, 0.3) is 0 Å². The third-order valence-corrected chi connectivity index (χ3v) is 3.98. The summed E-state index contributed by atoms with van der Waals surface area (Å²) in [6.45, 7) is 4.72. The molecule has 0 spiro atoms. The van der Waals surface area contributed by atoms with Crippen molar-refractivity contribution in [1.82, 2.24) is 0 Å². The van der Waals surface area contributed by atoms with Crippen LogP contribution >= 0.6 is 0 Å². The Bertz CT molecular complexity index is 387. The van der Waals surface area contributed by atoms with Crippen LogP contribution in [0.1, 0.15) is 58.8 Å². The van der Waals surface area contributed by atoms with E-state index in [2.05, 4.69) is 0 Å². The van der Waals surface area contributed by atoms with Crippen molar-refractivity contribution in [2.45, 2.75) is 64.9 Å². The second-order valence-electron chi connectivity index (χ2n) is 5.55. The van der Waals surface area contributed by atoms with Crippen LogP contribution in [0.2, 0.25) is 0 Å². The summed E-state index contributed by atoms with van der Waals surface area (Å²) >= 11 is 0. The lowest BCUT2D eigenvalue weighted by molar-refractivity contribution is -0.135. The molecule has 0 aromatic heterocycles. The maximum absolute atomic E-state index is 12.1. The summed E-state index contributed by atoms with van der Waals surface area (Å²) in [4.78, 5) is 12.1. The van der Waals surface area contributed by atoms with Crippen LogP contribution in [0.15, 0.2) is 23.0 Å². The Kier molecular flexibility index (Phi) is 5.20. The van der Waals surface area contributed by atoms with Gasteiger partial charge in [0.2, 0.25) is 0 Å². The third-order valence-electron chi connectivity index (χ3n) is 3.98. The van der Waals surface area contributed by atoms with E-state index in [-0.39, 0.29) is 12.1 Å². The number of hydrogen-bond acceptors (Lipinski definition) is 3. The van der Waals surface area contributed by atoms with E-state index in [1.807, 2.05) is 19.9 Å². The Hall–Kier alpha value is -1.09. The van der Waals surface area contributed by atoms with Gasteiger partial charge in [0.05, 0.1) is 6.10 Å². The largest absolute Gasteiger partial charge is 0.428 e. The van der Waals surface area contributed by atoms with Gasteiger partial charge in [-0.05, 0) is 58.4 Å². The highest BCUT2D eigenvalue weighted by atomic mass is 16.5. The van der Waals surface area contributed by atoms with E-state index in [0.717, 1.165) is 62.0 Å². The number of ether oxygens (including phenoxy) is 2. The smallest absolute Gasteiger partial charge is 0.338 e. The first kappa shape index (κ1) is 14.3. The minimum Gasteiger partial charge on any atom is -0.428 e. The molecule has 0 N–H and O–H groups in total. The maximum atomic E-state index is 12.1. The van der Waals surface area contributed by atoms with Gasteiger partial charge in [-0.3, -0.25) is 0 Å². The lowest BCUT2D eigenvalue weighted by atomic mass is 10.0. The lowest BCUT2D eigenvalue weighted by Crippen LogP contribution is -2.12. The molecule has 0 saturated carbocycles. The summed E-state index contributed by atoms with van der Waals surface area (Å²) in [6.07, 6.45) is 9.66. The molecule has 0 amide bonds. The highest BCUT2D eigenvalue weighted by molar-refractivity contribution is 5.89. The van der Waals surface area contributed by atoms with E-state index >= 15 is 0 Å². The van der Waals surface area contributed by atoms with Crippen LogP contribution in [0.4, 0.5) is 0 Å². The second-order valence-corrected chi connectivity index (χ2v) is 5.55. The van der Waals surface area contributed by atoms with Crippen LogP contribution < -0.4 is 0 Å². The Morgan fingerprint density at radius 3 is 2.84 bits per heavy atom. The van der Waals surface area contributed by atoms with Gasteiger partial charge in [0.1, 0.15) is 5.76 Å². The van der Waals surface area contributed by atoms with Crippen LogP contribution in [-0.4, -0.2) is 18.7 Å². The van der Waals surface area contributed by atoms with Gasteiger partial charge in [-0.25, -0.2) is 4.79 Å². The number of hydrogen-bond donors (Lipinski definition) is 0. The fourth-order valence-corrected chi connectivity index (χ4v) is 2.57. The molecule has 3 heteroatoms. The summed E-state index contributed by atoms with van der Waals surface area (Å²) in [5.74, 6) is 0.657. The molecule has 0 aromatic carbocycles. The molecule has 1 aliphatic heterocycles. The highest BCUT2D eigenvalue weighted by Crippen LogP contribution is 2.23. The molecule has 3 nitrogen and oxygen atoms in total. The second kappa shape index (κ2) is 6.90. The van der Waals surface area contributed by atoms with E-state index < -0.39 is 0 Å². The van der Waals surface area contributed by atoms with Gasteiger partial charge >= 0.3 is 5.97 Å². The molecule has 0 aromatic rings.